The third-order valence-electron chi connectivity index (χ3n) is 4.92. The van der Waals surface area contributed by atoms with Crippen molar-refractivity contribution in [3.63, 3.8) is 0 Å². The van der Waals surface area contributed by atoms with Crippen molar-refractivity contribution in [2.24, 2.45) is 0 Å². The number of methoxy groups -OCH3 is 3. The van der Waals surface area contributed by atoms with E-state index < -0.39 is 6.04 Å². The summed E-state index contributed by atoms with van der Waals surface area (Å²) in [5, 5.41) is 2.91. The molecule has 0 saturated carbocycles. The Balaban J connectivity index is 1.94. The van der Waals surface area contributed by atoms with E-state index in [0.29, 0.717) is 31.0 Å². The number of nitrogens with one attached hydrogen (secondary N) is 1. The summed E-state index contributed by atoms with van der Waals surface area (Å²) in [6.45, 7) is 4.00. The van der Waals surface area contributed by atoms with Gasteiger partial charge in [0.2, 0.25) is 11.8 Å². The highest BCUT2D eigenvalue weighted by Crippen LogP contribution is 2.27. The zero-order valence-electron chi connectivity index (χ0n) is 18.2. The van der Waals surface area contributed by atoms with Crippen LogP contribution < -0.4 is 19.5 Å². The van der Waals surface area contributed by atoms with Crippen LogP contribution in [0.2, 0.25) is 0 Å². The molecule has 0 radical (unpaired) electrons. The number of carbonyl (C=O) groups excluding carboxylic acids is 2. The number of carbonyl (C=O) groups is 2. The first kappa shape index (κ1) is 23.1. The maximum absolute atomic E-state index is 12.6. The summed E-state index contributed by atoms with van der Waals surface area (Å²) < 4.78 is 15.7. The van der Waals surface area contributed by atoms with Gasteiger partial charge in [0.15, 0.2) is 11.5 Å². The van der Waals surface area contributed by atoms with Crippen molar-refractivity contribution in [1.82, 2.24) is 10.2 Å². The van der Waals surface area contributed by atoms with Crippen LogP contribution in [0.5, 0.6) is 17.2 Å². The zero-order valence-corrected chi connectivity index (χ0v) is 18.2. The summed E-state index contributed by atoms with van der Waals surface area (Å²) >= 11 is 0. The molecular formula is C23H30N2O5. The molecule has 30 heavy (non-hydrogen) atoms. The fourth-order valence-electron chi connectivity index (χ4n) is 3.10. The maximum Gasteiger partial charge on any atom is 0.242 e. The molecule has 0 saturated heterocycles. The summed E-state index contributed by atoms with van der Waals surface area (Å²) in [6.07, 6.45) is 0.636. The lowest BCUT2D eigenvalue weighted by molar-refractivity contribution is -0.138. The normalized spacial score (nSPS) is 11.4. The fraction of sp³-hybridized carbons (Fsp3) is 0.391. The standard InChI is InChI=1S/C23H30N2O5/c1-16(25(17(2)26)15-19-6-9-20(28-3)10-7-19)23(27)24-13-12-18-8-11-21(29-4)22(14-18)30-5/h6-11,14,16H,12-13,15H2,1-5H3,(H,24,27)/t16-/m1/s1. The zero-order chi connectivity index (χ0) is 22.1. The third-order valence-corrected chi connectivity index (χ3v) is 4.92. The Morgan fingerprint density at radius 3 is 2.13 bits per heavy atom. The van der Waals surface area contributed by atoms with Gasteiger partial charge in [0, 0.05) is 20.0 Å². The molecule has 7 heteroatoms. The van der Waals surface area contributed by atoms with Gasteiger partial charge in [-0.2, -0.15) is 0 Å². The molecule has 0 aliphatic carbocycles. The number of ether oxygens (including phenoxy) is 3. The van der Waals surface area contributed by atoms with Crippen molar-refractivity contribution < 1.29 is 23.8 Å². The van der Waals surface area contributed by atoms with Crippen LogP contribution in [0.15, 0.2) is 42.5 Å². The van der Waals surface area contributed by atoms with Gasteiger partial charge in [-0.15, -0.1) is 0 Å². The molecule has 162 valence electrons. The Morgan fingerprint density at radius 1 is 0.933 bits per heavy atom. The molecule has 2 amide bonds. The molecule has 0 bridgehead atoms. The van der Waals surface area contributed by atoms with Gasteiger partial charge >= 0.3 is 0 Å². The number of hydrogen-bond acceptors (Lipinski definition) is 5. The number of benzene rings is 2. The van der Waals surface area contributed by atoms with Crippen LogP contribution in [0, 0.1) is 0 Å². The molecule has 7 nitrogen and oxygen atoms in total. The number of nitrogens with zero attached hydrogens (tertiary/aromatic N) is 1. The molecule has 0 fully saturated rings. The van der Waals surface area contributed by atoms with Crippen molar-refractivity contribution in [2.45, 2.75) is 32.9 Å². The van der Waals surface area contributed by atoms with E-state index in [-0.39, 0.29) is 11.8 Å². The number of hydrogen-bond donors (Lipinski definition) is 1. The van der Waals surface area contributed by atoms with Crippen LogP contribution in [0.4, 0.5) is 0 Å². The molecule has 2 aromatic rings. The van der Waals surface area contributed by atoms with Crippen molar-refractivity contribution in [2.75, 3.05) is 27.9 Å². The molecule has 0 spiro atoms. The minimum Gasteiger partial charge on any atom is -0.497 e. The van der Waals surface area contributed by atoms with Crippen LogP contribution in [-0.4, -0.2) is 50.6 Å². The number of rotatable bonds is 10. The van der Waals surface area contributed by atoms with E-state index in [4.69, 9.17) is 14.2 Å². The van der Waals surface area contributed by atoms with Crippen molar-refractivity contribution >= 4 is 11.8 Å². The first-order chi connectivity index (χ1) is 14.4. The van der Waals surface area contributed by atoms with E-state index in [9.17, 15) is 9.59 Å². The Hall–Kier alpha value is -3.22. The molecule has 0 unspecified atom stereocenters. The Kier molecular flexibility index (Phi) is 8.53. The van der Waals surface area contributed by atoms with Gasteiger partial charge in [0.1, 0.15) is 11.8 Å². The van der Waals surface area contributed by atoms with Gasteiger partial charge in [-0.1, -0.05) is 18.2 Å². The topological polar surface area (TPSA) is 77.1 Å². The highest BCUT2D eigenvalue weighted by molar-refractivity contribution is 5.86. The van der Waals surface area contributed by atoms with Gasteiger partial charge in [-0.25, -0.2) is 0 Å². The van der Waals surface area contributed by atoms with Gasteiger partial charge < -0.3 is 24.4 Å². The smallest absolute Gasteiger partial charge is 0.242 e. The van der Waals surface area contributed by atoms with E-state index in [0.717, 1.165) is 16.9 Å². The van der Waals surface area contributed by atoms with E-state index in [1.807, 2.05) is 42.5 Å². The minimum atomic E-state index is -0.588. The third kappa shape index (κ3) is 6.14. The molecular weight excluding hydrogens is 384 g/mol. The Labute approximate surface area is 177 Å². The monoisotopic (exact) mass is 414 g/mol. The largest absolute Gasteiger partial charge is 0.497 e. The molecule has 0 heterocycles. The SMILES string of the molecule is COc1ccc(CN(C(C)=O)[C@H](C)C(=O)NCCc2ccc(OC)c(OC)c2)cc1. The average Bonchev–Trinajstić information content (AvgIpc) is 2.76. The first-order valence-corrected chi connectivity index (χ1v) is 9.78. The molecule has 1 N–H and O–H groups in total. The van der Waals surface area contributed by atoms with Crippen LogP contribution >= 0.6 is 0 Å². The quantitative estimate of drug-likeness (QED) is 0.647. The van der Waals surface area contributed by atoms with Crippen LogP contribution in [-0.2, 0) is 22.6 Å². The van der Waals surface area contributed by atoms with Crippen molar-refractivity contribution in [3.05, 3.63) is 53.6 Å². The second-order valence-corrected chi connectivity index (χ2v) is 6.90. The summed E-state index contributed by atoms with van der Waals surface area (Å²) in [5.41, 5.74) is 1.94. The fourth-order valence-corrected chi connectivity index (χ4v) is 3.10. The predicted octanol–water partition coefficient (Wildman–Crippen LogP) is 2.81. The van der Waals surface area contributed by atoms with E-state index >= 15 is 0 Å². The second-order valence-electron chi connectivity index (χ2n) is 6.90. The lowest BCUT2D eigenvalue weighted by Crippen LogP contribution is -2.47. The van der Waals surface area contributed by atoms with Crippen molar-refractivity contribution in [3.8, 4) is 17.2 Å². The van der Waals surface area contributed by atoms with Crippen LogP contribution in [0.25, 0.3) is 0 Å². The second kappa shape index (κ2) is 11.1. The number of amides is 2. The van der Waals surface area contributed by atoms with Gasteiger partial charge in [0.25, 0.3) is 0 Å². The average molecular weight is 415 g/mol. The minimum absolute atomic E-state index is 0.159. The van der Waals surface area contributed by atoms with Crippen LogP contribution in [0.3, 0.4) is 0 Å². The predicted molar refractivity (Wildman–Crippen MR) is 115 cm³/mol. The molecule has 2 aromatic carbocycles. The lowest BCUT2D eigenvalue weighted by Gasteiger charge is -2.27. The summed E-state index contributed by atoms with van der Waals surface area (Å²) in [6, 6.07) is 12.5. The molecule has 0 aliphatic rings. The summed E-state index contributed by atoms with van der Waals surface area (Å²) in [5.74, 6) is 1.70. The molecule has 0 aliphatic heterocycles. The highest BCUT2D eigenvalue weighted by atomic mass is 16.5. The van der Waals surface area contributed by atoms with Gasteiger partial charge in [-0.3, -0.25) is 9.59 Å². The van der Waals surface area contributed by atoms with E-state index in [1.165, 1.54) is 6.92 Å². The molecule has 2 rings (SSSR count). The Morgan fingerprint density at radius 2 is 1.57 bits per heavy atom. The van der Waals surface area contributed by atoms with E-state index in [2.05, 4.69) is 5.32 Å². The Bertz CT molecular complexity index is 851. The van der Waals surface area contributed by atoms with Gasteiger partial charge in [-0.05, 0) is 48.7 Å². The molecule has 1 atom stereocenters. The van der Waals surface area contributed by atoms with Crippen molar-refractivity contribution in [1.29, 1.82) is 0 Å². The van der Waals surface area contributed by atoms with E-state index in [1.54, 1.807) is 33.2 Å². The highest BCUT2D eigenvalue weighted by Gasteiger charge is 2.23. The first-order valence-electron chi connectivity index (χ1n) is 9.78. The summed E-state index contributed by atoms with van der Waals surface area (Å²) in [4.78, 5) is 26.3. The summed E-state index contributed by atoms with van der Waals surface area (Å²) in [7, 11) is 4.78. The van der Waals surface area contributed by atoms with Gasteiger partial charge in [0.05, 0.1) is 21.3 Å². The lowest BCUT2D eigenvalue weighted by atomic mass is 10.1. The maximum atomic E-state index is 12.6. The molecule has 0 aromatic heterocycles. The van der Waals surface area contributed by atoms with Crippen LogP contribution in [0.1, 0.15) is 25.0 Å².